The van der Waals surface area contributed by atoms with E-state index in [1.54, 1.807) is 24.3 Å². The van der Waals surface area contributed by atoms with E-state index in [9.17, 15) is 24.0 Å². The zero-order valence-corrected chi connectivity index (χ0v) is 20.4. The van der Waals surface area contributed by atoms with Crippen LogP contribution in [-0.2, 0) is 25.7 Å². The van der Waals surface area contributed by atoms with E-state index < -0.39 is 30.0 Å². The monoisotopic (exact) mass is 500 g/mol. The van der Waals surface area contributed by atoms with Gasteiger partial charge in [0.2, 0.25) is 5.78 Å². The maximum Gasteiger partial charge on any atom is 0.309 e. The summed E-state index contributed by atoms with van der Waals surface area (Å²) >= 11 is 0. The first kappa shape index (κ1) is 26.9. The van der Waals surface area contributed by atoms with Crippen LogP contribution in [0.1, 0.15) is 47.2 Å². The van der Waals surface area contributed by atoms with Crippen molar-refractivity contribution in [2.75, 3.05) is 6.54 Å². The van der Waals surface area contributed by atoms with Crippen molar-refractivity contribution in [3.63, 3.8) is 0 Å². The topological polar surface area (TPSA) is 159 Å². The van der Waals surface area contributed by atoms with Crippen molar-refractivity contribution in [2.24, 2.45) is 5.73 Å². The molecule has 0 heterocycles. The predicted octanol–water partition coefficient (Wildman–Crippen LogP) is 2.41. The van der Waals surface area contributed by atoms with E-state index in [1.165, 1.54) is 0 Å². The van der Waals surface area contributed by atoms with Gasteiger partial charge in [0.15, 0.2) is 5.78 Å². The van der Waals surface area contributed by atoms with Gasteiger partial charge >= 0.3 is 11.8 Å². The van der Waals surface area contributed by atoms with Crippen LogP contribution in [0.5, 0.6) is 0 Å². The largest absolute Gasteiger partial charge is 0.363 e. The summed E-state index contributed by atoms with van der Waals surface area (Å²) in [6.07, 6.45) is 0.346. The van der Waals surface area contributed by atoms with Crippen LogP contribution in [0.3, 0.4) is 0 Å². The Bertz CT molecular complexity index is 1380. The maximum absolute atomic E-state index is 13.0. The first-order chi connectivity index (χ1) is 17.7. The number of Topliss-reactive ketones (excluding diaryl/α,β-unsaturated/α-hetero) is 2. The number of fused-ring (bicyclic) bond motifs is 1. The van der Waals surface area contributed by atoms with Crippen LogP contribution in [0, 0.1) is 5.41 Å². The zero-order valence-electron chi connectivity index (χ0n) is 20.4. The van der Waals surface area contributed by atoms with E-state index >= 15 is 0 Å². The number of nitrogens with two attached hydrogens (primary N) is 1. The van der Waals surface area contributed by atoms with Gasteiger partial charge in [0.25, 0.3) is 5.91 Å². The van der Waals surface area contributed by atoms with Crippen LogP contribution in [0.2, 0.25) is 0 Å². The average Bonchev–Trinajstić information content (AvgIpc) is 2.89. The highest BCUT2D eigenvalue weighted by Crippen LogP contribution is 2.28. The van der Waals surface area contributed by atoms with Crippen molar-refractivity contribution >= 4 is 45.8 Å². The van der Waals surface area contributed by atoms with Crippen LogP contribution in [0.25, 0.3) is 10.8 Å². The molecule has 0 bridgehead atoms. The molecule has 0 unspecified atom stereocenters. The SMILES string of the molecule is C[C@@H](CC(=N)CC(=O)c1ccccc1CNC(=O)C(=O)NCC(=O)C(N)=O)c1cccc2ccccc12. The molecule has 0 saturated heterocycles. The van der Waals surface area contributed by atoms with Crippen molar-refractivity contribution in [1.82, 2.24) is 10.6 Å². The number of ketones is 2. The number of amides is 3. The molecule has 0 saturated carbocycles. The van der Waals surface area contributed by atoms with Gasteiger partial charge in [0.1, 0.15) is 0 Å². The number of carbonyl (C=O) groups excluding carboxylic acids is 5. The number of nitrogens with one attached hydrogen (secondary N) is 3. The Kier molecular flexibility index (Phi) is 8.99. The molecule has 0 aliphatic rings. The van der Waals surface area contributed by atoms with Gasteiger partial charge in [-0.15, -0.1) is 0 Å². The summed E-state index contributed by atoms with van der Waals surface area (Å²) in [6.45, 7) is 1.24. The third-order valence-corrected chi connectivity index (χ3v) is 5.93. The molecule has 0 fully saturated rings. The number of primary amides is 1. The minimum absolute atomic E-state index is 0.0425. The summed E-state index contributed by atoms with van der Waals surface area (Å²) in [7, 11) is 0. The minimum Gasteiger partial charge on any atom is -0.363 e. The Morgan fingerprint density at radius 3 is 2.27 bits per heavy atom. The summed E-state index contributed by atoms with van der Waals surface area (Å²) in [4.78, 5) is 58.8. The molecular formula is C28H28N4O5. The molecule has 0 aromatic heterocycles. The Morgan fingerprint density at radius 2 is 1.51 bits per heavy atom. The molecule has 3 aromatic rings. The smallest absolute Gasteiger partial charge is 0.309 e. The molecule has 5 N–H and O–H groups in total. The van der Waals surface area contributed by atoms with E-state index in [0.29, 0.717) is 23.3 Å². The first-order valence-corrected chi connectivity index (χ1v) is 11.7. The third kappa shape index (κ3) is 7.17. The zero-order chi connectivity index (χ0) is 26.9. The second-order valence-corrected chi connectivity index (χ2v) is 8.69. The second-order valence-electron chi connectivity index (χ2n) is 8.69. The van der Waals surface area contributed by atoms with Crippen LogP contribution >= 0.6 is 0 Å². The van der Waals surface area contributed by atoms with Gasteiger partial charge in [-0.25, -0.2) is 0 Å². The Labute approximate surface area is 213 Å². The maximum atomic E-state index is 13.0. The summed E-state index contributed by atoms with van der Waals surface area (Å²) in [5, 5.41) is 15.1. The van der Waals surface area contributed by atoms with Gasteiger partial charge < -0.3 is 21.8 Å². The lowest BCUT2D eigenvalue weighted by Crippen LogP contribution is -2.43. The third-order valence-electron chi connectivity index (χ3n) is 5.93. The van der Waals surface area contributed by atoms with Crippen molar-refractivity contribution in [3.05, 3.63) is 83.4 Å². The van der Waals surface area contributed by atoms with Crippen molar-refractivity contribution in [3.8, 4) is 0 Å². The predicted molar refractivity (Wildman–Crippen MR) is 139 cm³/mol. The molecule has 37 heavy (non-hydrogen) atoms. The summed E-state index contributed by atoms with van der Waals surface area (Å²) < 4.78 is 0. The van der Waals surface area contributed by atoms with E-state index in [4.69, 9.17) is 11.1 Å². The highest BCUT2D eigenvalue weighted by molar-refractivity contribution is 6.39. The minimum atomic E-state index is -1.22. The molecule has 0 aliphatic carbocycles. The van der Waals surface area contributed by atoms with Crippen molar-refractivity contribution < 1.29 is 24.0 Å². The molecule has 190 valence electrons. The molecular weight excluding hydrogens is 472 g/mol. The van der Waals surface area contributed by atoms with Gasteiger partial charge in [0.05, 0.1) is 6.54 Å². The molecule has 3 rings (SSSR count). The Morgan fingerprint density at radius 1 is 0.865 bits per heavy atom. The normalized spacial score (nSPS) is 11.4. The molecule has 1 atom stereocenters. The average molecular weight is 501 g/mol. The van der Waals surface area contributed by atoms with Crippen LogP contribution in [0.15, 0.2) is 66.7 Å². The number of rotatable bonds is 11. The van der Waals surface area contributed by atoms with E-state index in [0.717, 1.165) is 16.3 Å². The number of hydrogen-bond donors (Lipinski definition) is 4. The highest BCUT2D eigenvalue weighted by Gasteiger charge is 2.19. The summed E-state index contributed by atoms with van der Waals surface area (Å²) in [5.41, 5.74) is 7.04. The lowest BCUT2D eigenvalue weighted by atomic mass is 9.89. The standard InChI is InChI=1S/C28H28N4O5/c1-17(21-12-6-9-18-7-2-4-10-22(18)21)13-20(29)14-24(33)23-11-5-3-8-19(23)15-31-27(36)28(37)32-16-25(34)26(30)35/h2-12,17,29H,13-16H2,1H3,(H2,30,35)(H,31,36)(H,32,37)/t17-/m0/s1. The van der Waals surface area contributed by atoms with Crippen molar-refractivity contribution in [1.29, 1.82) is 5.41 Å². The van der Waals surface area contributed by atoms with E-state index in [-0.39, 0.29) is 24.7 Å². The fourth-order valence-corrected chi connectivity index (χ4v) is 4.05. The number of hydrogen-bond acceptors (Lipinski definition) is 6. The fourth-order valence-electron chi connectivity index (χ4n) is 4.05. The van der Waals surface area contributed by atoms with Gasteiger partial charge in [0, 0.05) is 24.2 Å². The molecule has 3 aromatic carbocycles. The molecule has 9 nitrogen and oxygen atoms in total. The Hall–Kier alpha value is -4.66. The van der Waals surface area contributed by atoms with Crippen LogP contribution in [0.4, 0.5) is 0 Å². The van der Waals surface area contributed by atoms with Crippen LogP contribution < -0.4 is 16.4 Å². The number of benzene rings is 3. The van der Waals surface area contributed by atoms with Crippen LogP contribution in [-0.4, -0.2) is 41.5 Å². The number of carbonyl (C=O) groups is 5. The highest BCUT2D eigenvalue weighted by atomic mass is 16.2. The summed E-state index contributed by atoms with van der Waals surface area (Å²) in [6, 6.07) is 20.8. The summed E-state index contributed by atoms with van der Waals surface area (Å²) in [5.74, 6) is -4.62. The van der Waals surface area contributed by atoms with Gasteiger partial charge in [-0.1, -0.05) is 73.7 Å². The van der Waals surface area contributed by atoms with E-state index in [1.807, 2.05) is 48.6 Å². The Balaban J connectivity index is 1.59. The first-order valence-electron chi connectivity index (χ1n) is 11.7. The fraction of sp³-hybridized carbons (Fsp3) is 0.214. The van der Waals surface area contributed by atoms with E-state index in [2.05, 4.69) is 11.4 Å². The molecule has 0 aliphatic heterocycles. The second kappa shape index (κ2) is 12.3. The quantitative estimate of drug-likeness (QED) is 0.180. The van der Waals surface area contributed by atoms with Crippen molar-refractivity contribution in [2.45, 2.75) is 32.2 Å². The molecule has 9 heteroatoms. The lowest BCUT2D eigenvalue weighted by molar-refractivity contribution is -0.140. The molecule has 0 radical (unpaired) electrons. The van der Waals surface area contributed by atoms with Gasteiger partial charge in [-0.2, -0.15) is 0 Å². The molecule has 3 amide bonds. The van der Waals surface area contributed by atoms with Gasteiger partial charge in [-0.3, -0.25) is 24.0 Å². The lowest BCUT2D eigenvalue weighted by Gasteiger charge is -2.16. The van der Waals surface area contributed by atoms with Gasteiger partial charge in [-0.05, 0) is 34.2 Å². The molecule has 0 spiro atoms.